The van der Waals surface area contributed by atoms with Gasteiger partial charge in [0.15, 0.2) is 0 Å². The first kappa shape index (κ1) is 13.0. The third-order valence-corrected chi connectivity index (χ3v) is 4.74. The molecule has 2 nitrogen and oxygen atoms in total. The van der Waals surface area contributed by atoms with Gasteiger partial charge in [-0.1, -0.05) is 27.7 Å². The van der Waals surface area contributed by atoms with E-state index in [4.69, 9.17) is 4.74 Å². The summed E-state index contributed by atoms with van der Waals surface area (Å²) in [6.45, 7) is 13.6. The van der Waals surface area contributed by atoms with E-state index in [-0.39, 0.29) is 11.0 Å². The van der Waals surface area contributed by atoms with Crippen molar-refractivity contribution in [1.82, 2.24) is 5.32 Å². The number of ether oxygens (including phenoxy) is 1. The van der Waals surface area contributed by atoms with Gasteiger partial charge in [-0.3, -0.25) is 0 Å². The topological polar surface area (TPSA) is 21.3 Å². The molecule has 1 aliphatic rings. The smallest absolute Gasteiger partial charge is 0.0731 e. The average molecular weight is 213 g/mol. The predicted molar refractivity (Wildman–Crippen MR) is 65.0 cm³/mol. The van der Waals surface area contributed by atoms with Gasteiger partial charge in [0.1, 0.15) is 0 Å². The first-order valence-electron chi connectivity index (χ1n) is 6.06. The molecule has 1 N–H and O–H groups in total. The SMILES string of the molecule is COC1(C)CC(NC(C)C(C)C)C1(C)C. The highest BCUT2D eigenvalue weighted by Gasteiger charge is 2.57. The number of hydrogen-bond acceptors (Lipinski definition) is 2. The Balaban J connectivity index is 2.56. The van der Waals surface area contributed by atoms with Gasteiger partial charge in [-0.05, 0) is 26.2 Å². The van der Waals surface area contributed by atoms with Crippen LogP contribution in [0.25, 0.3) is 0 Å². The van der Waals surface area contributed by atoms with Crippen LogP contribution in [0.2, 0.25) is 0 Å². The molecule has 0 aromatic carbocycles. The van der Waals surface area contributed by atoms with Crippen LogP contribution in [-0.4, -0.2) is 24.8 Å². The zero-order valence-corrected chi connectivity index (χ0v) is 11.3. The first-order valence-corrected chi connectivity index (χ1v) is 6.06. The summed E-state index contributed by atoms with van der Waals surface area (Å²) in [5, 5.41) is 3.72. The quantitative estimate of drug-likeness (QED) is 0.775. The summed E-state index contributed by atoms with van der Waals surface area (Å²) in [5.41, 5.74) is 0.270. The highest BCUT2D eigenvalue weighted by Crippen LogP contribution is 2.51. The van der Waals surface area contributed by atoms with Crippen molar-refractivity contribution in [2.75, 3.05) is 7.11 Å². The highest BCUT2D eigenvalue weighted by atomic mass is 16.5. The highest BCUT2D eigenvalue weighted by molar-refractivity contribution is 5.11. The summed E-state index contributed by atoms with van der Waals surface area (Å²) in [6, 6.07) is 1.16. The van der Waals surface area contributed by atoms with Gasteiger partial charge >= 0.3 is 0 Å². The van der Waals surface area contributed by atoms with Crippen LogP contribution in [0.1, 0.15) is 48.0 Å². The number of nitrogens with one attached hydrogen (secondary N) is 1. The molecule has 0 amide bonds. The largest absolute Gasteiger partial charge is 0.378 e. The molecule has 0 radical (unpaired) electrons. The van der Waals surface area contributed by atoms with E-state index in [0.717, 1.165) is 6.42 Å². The van der Waals surface area contributed by atoms with E-state index in [9.17, 15) is 0 Å². The Labute approximate surface area is 94.8 Å². The summed E-state index contributed by atoms with van der Waals surface area (Å²) < 4.78 is 5.62. The molecule has 90 valence electrons. The molecule has 1 rings (SSSR count). The van der Waals surface area contributed by atoms with Gasteiger partial charge in [0.05, 0.1) is 5.60 Å². The number of rotatable bonds is 4. The van der Waals surface area contributed by atoms with E-state index in [1.54, 1.807) is 0 Å². The Morgan fingerprint density at radius 3 is 2.07 bits per heavy atom. The van der Waals surface area contributed by atoms with Gasteiger partial charge < -0.3 is 10.1 Å². The summed E-state index contributed by atoms with van der Waals surface area (Å²) in [4.78, 5) is 0. The van der Waals surface area contributed by atoms with E-state index in [1.807, 2.05) is 7.11 Å². The molecule has 1 aliphatic carbocycles. The molecule has 1 saturated carbocycles. The minimum Gasteiger partial charge on any atom is -0.378 e. The lowest BCUT2D eigenvalue weighted by Crippen LogP contribution is -2.69. The first-order chi connectivity index (χ1) is 6.74. The molecule has 2 heteroatoms. The normalized spacial score (nSPS) is 36.4. The zero-order valence-electron chi connectivity index (χ0n) is 11.3. The third-order valence-electron chi connectivity index (χ3n) is 4.74. The van der Waals surface area contributed by atoms with Gasteiger partial charge in [-0.2, -0.15) is 0 Å². The van der Waals surface area contributed by atoms with Crippen molar-refractivity contribution in [3.8, 4) is 0 Å². The maximum Gasteiger partial charge on any atom is 0.0731 e. The summed E-state index contributed by atoms with van der Waals surface area (Å²) >= 11 is 0. The molecule has 0 spiro atoms. The molecule has 0 bridgehead atoms. The zero-order chi connectivity index (χ0) is 11.9. The lowest BCUT2D eigenvalue weighted by molar-refractivity contribution is -0.182. The van der Waals surface area contributed by atoms with Crippen LogP contribution in [0.4, 0.5) is 0 Å². The van der Waals surface area contributed by atoms with Gasteiger partial charge in [-0.15, -0.1) is 0 Å². The van der Waals surface area contributed by atoms with Gasteiger partial charge in [-0.25, -0.2) is 0 Å². The van der Waals surface area contributed by atoms with Crippen molar-refractivity contribution >= 4 is 0 Å². The van der Waals surface area contributed by atoms with Crippen molar-refractivity contribution in [3.05, 3.63) is 0 Å². The molecule has 0 aliphatic heterocycles. The maximum atomic E-state index is 5.62. The lowest BCUT2D eigenvalue weighted by atomic mass is 9.55. The van der Waals surface area contributed by atoms with Crippen LogP contribution in [0.3, 0.4) is 0 Å². The minimum absolute atomic E-state index is 0.0430. The molecular weight excluding hydrogens is 186 g/mol. The van der Waals surface area contributed by atoms with E-state index in [0.29, 0.717) is 18.0 Å². The van der Waals surface area contributed by atoms with E-state index in [2.05, 4.69) is 46.9 Å². The minimum atomic E-state index is 0.0430. The Kier molecular flexibility index (Phi) is 3.52. The Bertz CT molecular complexity index is 225. The fraction of sp³-hybridized carbons (Fsp3) is 1.00. The summed E-state index contributed by atoms with van der Waals surface area (Å²) in [7, 11) is 1.82. The van der Waals surface area contributed by atoms with Crippen molar-refractivity contribution in [3.63, 3.8) is 0 Å². The summed E-state index contributed by atoms with van der Waals surface area (Å²) in [5.74, 6) is 0.690. The van der Waals surface area contributed by atoms with Crippen LogP contribution >= 0.6 is 0 Å². The number of methoxy groups -OCH3 is 1. The van der Waals surface area contributed by atoms with Crippen LogP contribution in [-0.2, 0) is 4.74 Å². The van der Waals surface area contributed by atoms with Crippen LogP contribution in [0.5, 0.6) is 0 Å². The van der Waals surface area contributed by atoms with E-state index in [1.165, 1.54) is 0 Å². The predicted octanol–water partition coefficient (Wildman–Crippen LogP) is 2.82. The Morgan fingerprint density at radius 2 is 1.73 bits per heavy atom. The fourth-order valence-electron chi connectivity index (χ4n) is 2.27. The fourth-order valence-corrected chi connectivity index (χ4v) is 2.27. The van der Waals surface area contributed by atoms with E-state index >= 15 is 0 Å². The van der Waals surface area contributed by atoms with Crippen LogP contribution in [0, 0.1) is 11.3 Å². The average Bonchev–Trinajstić information content (AvgIpc) is 2.16. The molecule has 15 heavy (non-hydrogen) atoms. The monoisotopic (exact) mass is 213 g/mol. The Morgan fingerprint density at radius 1 is 1.20 bits per heavy atom. The molecule has 0 aromatic heterocycles. The molecule has 1 fully saturated rings. The van der Waals surface area contributed by atoms with Gasteiger partial charge in [0.2, 0.25) is 0 Å². The lowest BCUT2D eigenvalue weighted by Gasteiger charge is -2.60. The second kappa shape index (κ2) is 4.06. The van der Waals surface area contributed by atoms with Gasteiger partial charge in [0, 0.05) is 24.6 Å². The molecule has 0 saturated heterocycles. The van der Waals surface area contributed by atoms with Crippen molar-refractivity contribution in [2.24, 2.45) is 11.3 Å². The standard InChI is InChI=1S/C13H27NO/c1-9(2)10(3)14-11-8-13(6,15-7)12(11,4)5/h9-11,14H,8H2,1-7H3. The van der Waals surface area contributed by atoms with Crippen LogP contribution in [0.15, 0.2) is 0 Å². The summed E-state index contributed by atoms with van der Waals surface area (Å²) in [6.07, 6.45) is 1.12. The number of hydrogen-bond donors (Lipinski definition) is 1. The van der Waals surface area contributed by atoms with Crippen LogP contribution < -0.4 is 5.32 Å². The second-order valence-electron chi connectivity index (χ2n) is 6.11. The second-order valence-corrected chi connectivity index (χ2v) is 6.11. The van der Waals surface area contributed by atoms with Crippen molar-refractivity contribution < 1.29 is 4.74 Å². The van der Waals surface area contributed by atoms with Gasteiger partial charge in [0.25, 0.3) is 0 Å². The van der Waals surface area contributed by atoms with E-state index < -0.39 is 0 Å². The molecule has 0 aromatic rings. The molecule has 0 heterocycles. The van der Waals surface area contributed by atoms with Crippen molar-refractivity contribution in [2.45, 2.75) is 65.6 Å². The molecule has 3 atom stereocenters. The van der Waals surface area contributed by atoms with Crippen molar-refractivity contribution in [1.29, 1.82) is 0 Å². The maximum absolute atomic E-state index is 5.62. The Hall–Kier alpha value is -0.0800. The third kappa shape index (κ3) is 2.07. The molecular formula is C13H27NO. The molecule has 3 unspecified atom stereocenters.